The summed E-state index contributed by atoms with van der Waals surface area (Å²) in [6.07, 6.45) is 3.28. The fourth-order valence-electron chi connectivity index (χ4n) is 3.86. The average molecular weight is 352 g/mol. The van der Waals surface area contributed by atoms with Crippen LogP contribution in [-0.2, 0) is 14.3 Å². The van der Waals surface area contributed by atoms with Crippen LogP contribution in [-0.4, -0.2) is 42.0 Å². The third-order valence-electron chi connectivity index (χ3n) is 5.01. The number of nitrogens with zero attached hydrogens (tertiary/aromatic N) is 1. The zero-order valence-corrected chi connectivity index (χ0v) is 14.2. The summed E-state index contributed by atoms with van der Waals surface area (Å²) in [6.45, 7) is 2.02. The van der Waals surface area contributed by atoms with Crippen molar-refractivity contribution in [2.75, 3.05) is 19.7 Å². The van der Waals surface area contributed by atoms with Crippen LogP contribution in [0.1, 0.15) is 44.2 Å². The quantitative estimate of drug-likeness (QED) is 0.845. The number of rotatable bonds is 4. The van der Waals surface area contributed by atoms with Crippen LogP contribution in [0.5, 0.6) is 0 Å². The minimum Gasteiger partial charge on any atom is -0.465 e. The van der Waals surface area contributed by atoms with Crippen molar-refractivity contribution in [1.82, 2.24) is 10.2 Å². The average Bonchev–Trinajstić information content (AvgIpc) is 3.01. The molecule has 7 heteroatoms. The predicted octanol–water partition coefficient (Wildman–Crippen LogP) is 2.31. The van der Waals surface area contributed by atoms with Crippen molar-refractivity contribution in [1.29, 1.82) is 0 Å². The van der Waals surface area contributed by atoms with Gasteiger partial charge in [-0.2, -0.15) is 0 Å². The Hall–Kier alpha value is -2.02. The molecule has 1 heterocycles. The number of amides is 1. The Morgan fingerprint density at radius 2 is 1.92 bits per heavy atom. The second-order valence-electron chi connectivity index (χ2n) is 6.63. The van der Waals surface area contributed by atoms with E-state index in [1.54, 1.807) is 6.92 Å². The standard InChI is InChI=1S/C18H22F2N2O3/c1-2-25-16(23)11-22-15(12-7-13(19)9-14(20)8-12)10-21-18(17(22)24)5-3-4-6-18/h7-9,15,21H,2-6,10-11H2,1H3/t15-/m1/s1. The summed E-state index contributed by atoms with van der Waals surface area (Å²) in [7, 11) is 0. The number of hydrogen-bond acceptors (Lipinski definition) is 4. The summed E-state index contributed by atoms with van der Waals surface area (Å²) in [5.41, 5.74) is -0.343. The Kier molecular flexibility index (Phi) is 5.03. The molecule has 0 bridgehead atoms. The van der Waals surface area contributed by atoms with E-state index in [-0.39, 0.29) is 19.1 Å². The Morgan fingerprint density at radius 1 is 1.28 bits per heavy atom. The van der Waals surface area contributed by atoms with Crippen LogP contribution in [0.25, 0.3) is 0 Å². The summed E-state index contributed by atoms with van der Waals surface area (Å²) < 4.78 is 32.2. The highest BCUT2D eigenvalue weighted by Crippen LogP contribution is 2.38. The molecule has 1 amide bonds. The van der Waals surface area contributed by atoms with Gasteiger partial charge in [-0.3, -0.25) is 9.59 Å². The highest BCUT2D eigenvalue weighted by atomic mass is 19.1. The lowest BCUT2D eigenvalue weighted by atomic mass is 9.89. The molecule has 5 nitrogen and oxygen atoms in total. The van der Waals surface area contributed by atoms with E-state index < -0.39 is 29.2 Å². The Balaban J connectivity index is 1.92. The largest absolute Gasteiger partial charge is 0.465 e. The van der Waals surface area contributed by atoms with Crippen molar-refractivity contribution in [2.24, 2.45) is 0 Å². The number of piperazine rings is 1. The van der Waals surface area contributed by atoms with Crippen LogP contribution >= 0.6 is 0 Å². The summed E-state index contributed by atoms with van der Waals surface area (Å²) in [4.78, 5) is 26.5. The van der Waals surface area contributed by atoms with Crippen LogP contribution < -0.4 is 5.32 Å². The Bertz CT molecular complexity index is 654. The van der Waals surface area contributed by atoms with Gasteiger partial charge in [-0.05, 0) is 37.5 Å². The Morgan fingerprint density at radius 3 is 2.52 bits per heavy atom. The molecule has 1 saturated carbocycles. The minimum absolute atomic E-state index is 0.195. The van der Waals surface area contributed by atoms with Crippen LogP contribution in [0.15, 0.2) is 18.2 Å². The van der Waals surface area contributed by atoms with Crippen LogP contribution in [0.4, 0.5) is 8.78 Å². The number of carbonyl (C=O) groups is 2. The van der Waals surface area contributed by atoms with Gasteiger partial charge in [-0.1, -0.05) is 12.8 Å². The fourth-order valence-corrected chi connectivity index (χ4v) is 3.86. The molecule has 1 aromatic rings. The summed E-state index contributed by atoms with van der Waals surface area (Å²) in [5.74, 6) is -2.13. The molecule has 2 fully saturated rings. The summed E-state index contributed by atoms with van der Waals surface area (Å²) >= 11 is 0. The molecule has 1 spiro atoms. The van der Waals surface area contributed by atoms with Crippen molar-refractivity contribution in [3.05, 3.63) is 35.4 Å². The lowest BCUT2D eigenvalue weighted by molar-refractivity contribution is -0.156. The number of esters is 1. The molecule has 0 radical (unpaired) electrons. The van der Waals surface area contributed by atoms with Gasteiger partial charge in [-0.15, -0.1) is 0 Å². The van der Waals surface area contributed by atoms with Gasteiger partial charge in [-0.25, -0.2) is 8.78 Å². The van der Waals surface area contributed by atoms with Crippen molar-refractivity contribution >= 4 is 11.9 Å². The fraction of sp³-hybridized carbons (Fsp3) is 0.556. The number of benzene rings is 1. The first-order valence-electron chi connectivity index (χ1n) is 8.63. The number of halogens is 2. The Labute approximate surface area is 145 Å². The molecule has 3 rings (SSSR count). The maximum Gasteiger partial charge on any atom is 0.325 e. The third kappa shape index (κ3) is 3.51. The number of carbonyl (C=O) groups excluding carboxylic acids is 2. The molecule has 2 aliphatic rings. The van der Waals surface area contributed by atoms with Gasteiger partial charge in [0.1, 0.15) is 18.2 Å². The van der Waals surface area contributed by atoms with Gasteiger partial charge in [0.2, 0.25) is 5.91 Å². The molecule has 1 saturated heterocycles. The minimum atomic E-state index is -0.709. The first-order valence-corrected chi connectivity index (χ1v) is 8.63. The van der Waals surface area contributed by atoms with Crippen molar-refractivity contribution in [3.63, 3.8) is 0 Å². The number of nitrogens with one attached hydrogen (secondary N) is 1. The first kappa shape index (κ1) is 17.8. The number of hydrogen-bond donors (Lipinski definition) is 1. The smallest absolute Gasteiger partial charge is 0.325 e. The number of ether oxygens (including phenoxy) is 1. The SMILES string of the molecule is CCOC(=O)CN1C(=O)C2(CCCC2)NC[C@@H]1c1cc(F)cc(F)c1. The molecular formula is C18H22F2N2O3. The highest BCUT2D eigenvalue weighted by molar-refractivity contribution is 5.90. The molecule has 1 N–H and O–H groups in total. The van der Waals surface area contributed by atoms with E-state index in [1.807, 2.05) is 0 Å². The summed E-state index contributed by atoms with van der Waals surface area (Å²) in [5, 5.41) is 3.28. The van der Waals surface area contributed by atoms with E-state index in [1.165, 1.54) is 17.0 Å². The van der Waals surface area contributed by atoms with Crippen molar-refractivity contribution < 1.29 is 23.1 Å². The van der Waals surface area contributed by atoms with Gasteiger partial charge in [0.05, 0.1) is 18.2 Å². The molecule has 0 aromatic heterocycles. The molecule has 1 aromatic carbocycles. The molecule has 0 unspecified atom stereocenters. The lowest BCUT2D eigenvalue weighted by Gasteiger charge is -2.45. The molecule has 136 valence electrons. The second kappa shape index (κ2) is 7.07. The van der Waals surface area contributed by atoms with Gasteiger partial charge < -0.3 is 15.0 Å². The van der Waals surface area contributed by atoms with Gasteiger partial charge in [0.25, 0.3) is 0 Å². The van der Waals surface area contributed by atoms with E-state index in [4.69, 9.17) is 4.74 Å². The molecular weight excluding hydrogens is 330 g/mol. The first-order chi connectivity index (χ1) is 11.9. The third-order valence-corrected chi connectivity index (χ3v) is 5.01. The van der Waals surface area contributed by atoms with Gasteiger partial charge in [0.15, 0.2) is 0 Å². The van der Waals surface area contributed by atoms with Gasteiger partial charge in [0, 0.05) is 12.6 Å². The maximum absolute atomic E-state index is 13.6. The van der Waals surface area contributed by atoms with Gasteiger partial charge >= 0.3 is 5.97 Å². The molecule has 1 aliphatic carbocycles. The maximum atomic E-state index is 13.6. The van der Waals surface area contributed by atoms with E-state index in [0.717, 1.165) is 18.9 Å². The lowest BCUT2D eigenvalue weighted by Crippen LogP contribution is -2.64. The highest BCUT2D eigenvalue weighted by Gasteiger charge is 2.49. The monoisotopic (exact) mass is 352 g/mol. The van der Waals surface area contributed by atoms with Crippen LogP contribution in [0, 0.1) is 11.6 Å². The van der Waals surface area contributed by atoms with E-state index >= 15 is 0 Å². The molecule has 1 aliphatic heterocycles. The zero-order chi connectivity index (χ0) is 18.0. The van der Waals surface area contributed by atoms with Crippen LogP contribution in [0.3, 0.4) is 0 Å². The van der Waals surface area contributed by atoms with Crippen LogP contribution in [0.2, 0.25) is 0 Å². The second-order valence-corrected chi connectivity index (χ2v) is 6.63. The molecule has 1 atom stereocenters. The van der Waals surface area contributed by atoms with E-state index in [2.05, 4.69) is 5.32 Å². The van der Waals surface area contributed by atoms with Crippen molar-refractivity contribution in [3.8, 4) is 0 Å². The van der Waals surface area contributed by atoms with E-state index in [9.17, 15) is 18.4 Å². The molecule has 25 heavy (non-hydrogen) atoms. The van der Waals surface area contributed by atoms with Crippen molar-refractivity contribution in [2.45, 2.75) is 44.2 Å². The topological polar surface area (TPSA) is 58.6 Å². The normalized spacial score (nSPS) is 22.4. The summed E-state index contributed by atoms with van der Waals surface area (Å²) in [6, 6.07) is 2.57. The van der Waals surface area contributed by atoms with E-state index in [0.29, 0.717) is 24.9 Å². The predicted molar refractivity (Wildman–Crippen MR) is 86.6 cm³/mol. The zero-order valence-electron chi connectivity index (χ0n) is 14.2.